The third-order valence-electron chi connectivity index (χ3n) is 6.90. The van der Waals surface area contributed by atoms with Gasteiger partial charge in [0.05, 0.1) is 11.7 Å². The zero-order chi connectivity index (χ0) is 23.9. The molecule has 0 aliphatic heterocycles. The SMILES string of the molecule is C[C@H]1c2cccc([O-])c2C(=O)C2=C([O-])[C@]3([O-])C(=O)C(C(N)=O)=C([O-])[C@@H](N(C)C)[C@@H]3[C@@H](O)[C@@H]21.[Ca+2].[Ca+2]. The number of nitrogens with zero attached hydrogens (tertiary/aromatic N) is 1. The van der Waals surface area contributed by atoms with Crippen molar-refractivity contribution in [2.24, 2.45) is 17.6 Å². The smallest absolute Gasteiger partial charge is 0.875 e. The molecule has 12 heteroatoms. The molecule has 0 saturated heterocycles. The second kappa shape index (κ2) is 9.99. The van der Waals surface area contributed by atoms with E-state index in [9.17, 15) is 39.9 Å². The Bertz CT molecular complexity index is 1150. The van der Waals surface area contributed by atoms with E-state index in [4.69, 9.17) is 5.73 Å². The second-order valence-electron chi connectivity index (χ2n) is 8.70. The molecule has 10 nitrogen and oxygen atoms in total. The number of nitrogens with two attached hydrogens (primary N) is 1. The summed E-state index contributed by atoms with van der Waals surface area (Å²) in [5.41, 5.74) is 0.0673. The van der Waals surface area contributed by atoms with Crippen molar-refractivity contribution < 1.29 is 39.9 Å². The van der Waals surface area contributed by atoms with Crippen LogP contribution in [-0.2, 0) is 9.59 Å². The van der Waals surface area contributed by atoms with Crippen LogP contribution in [0, 0.1) is 11.8 Å². The Kier molecular flexibility index (Phi) is 8.68. The maximum Gasteiger partial charge on any atom is 2.00 e. The van der Waals surface area contributed by atoms with Gasteiger partial charge in [-0.1, -0.05) is 36.6 Å². The number of hydrogen-bond acceptors (Lipinski definition) is 9. The summed E-state index contributed by atoms with van der Waals surface area (Å²) in [6.45, 7) is 1.59. The molecule has 0 unspecified atom stereocenters. The monoisotopic (exact) mass is 520 g/mol. The van der Waals surface area contributed by atoms with Gasteiger partial charge in [0.1, 0.15) is 0 Å². The number of aliphatic hydroxyl groups excluding tert-OH is 1. The molecule has 1 amide bonds. The van der Waals surface area contributed by atoms with E-state index in [1.807, 2.05) is 0 Å². The topological polar surface area (TPSA) is 193 Å². The quantitative estimate of drug-likeness (QED) is 0.284. The van der Waals surface area contributed by atoms with Crippen molar-refractivity contribution in [2.75, 3.05) is 14.1 Å². The van der Waals surface area contributed by atoms with Crippen LogP contribution in [0.25, 0.3) is 0 Å². The van der Waals surface area contributed by atoms with Crippen molar-refractivity contribution in [3.05, 3.63) is 52.0 Å². The summed E-state index contributed by atoms with van der Waals surface area (Å²) >= 11 is 0. The molecule has 0 radical (unpaired) electrons. The number of Topliss-reactive ketones (excluding diaryl/α,β-unsaturated/α-hetero) is 2. The molecule has 3 aliphatic carbocycles. The maximum absolute atomic E-state index is 13.9. The van der Waals surface area contributed by atoms with Crippen molar-refractivity contribution in [2.45, 2.75) is 30.6 Å². The summed E-state index contributed by atoms with van der Waals surface area (Å²) in [7, 11) is 2.78. The van der Waals surface area contributed by atoms with E-state index in [0.29, 0.717) is 5.56 Å². The van der Waals surface area contributed by atoms with Crippen LogP contribution >= 0.6 is 0 Å². The molecule has 170 valence electrons. The Morgan fingerprint density at radius 2 is 1.74 bits per heavy atom. The zero-order valence-corrected chi connectivity index (χ0v) is 23.3. The second-order valence-corrected chi connectivity index (χ2v) is 8.70. The Morgan fingerprint density at radius 1 is 1.15 bits per heavy atom. The van der Waals surface area contributed by atoms with Gasteiger partial charge >= 0.3 is 75.5 Å². The predicted molar refractivity (Wildman–Crippen MR) is 112 cm³/mol. The Labute approximate surface area is 255 Å². The first kappa shape index (κ1) is 29.5. The number of hydrogen-bond donors (Lipinski definition) is 2. The molecule has 0 fully saturated rings. The third kappa shape index (κ3) is 3.77. The van der Waals surface area contributed by atoms with Crippen molar-refractivity contribution in [1.82, 2.24) is 4.90 Å². The fourth-order valence-corrected chi connectivity index (χ4v) is 5.50. The number of rotatable bonds is 2. The summed E-state index contributed by atoms with van der Waals surface area (Å²) in [6, 6.07) is 2.60. The van der Waals surface area contributed by atoms with E-state index in [1.165, 1.54) is 31.1 Å². The number of carbonyl (C=O) groups excluding carboxylic acids is 3. The Balaban J connectivity index is 0.00000204. The molecule has 34 heavy (non-hydrogen) atoms. The normalized spacial score (nSPS) is 32.4. The first-order valence-corrected chi connectivity index (χ1v) is 9.94. The number of carbonyl (C=O) groups is 3. The fourth-order valence-electron chi connectivity index (χ4n) is 5.50. The van der Waals surface area contributed by atoms with Crippen LogP contribution < -0.4 is 26.2 Å². The van der Waals surface area contributed by atoms with Crippen molar-refractivity contribution >= 4 is 93.0 Å². The molecule has 3 N–H and O–H groups in total. The first-order valence-electron chi connectivity index (χ1n) is 9.94. The molecule has 3 aliphatic rings. The van der Waals surface area contributed by atoms with E-state index in [1.54, 1.807) is 6.92 Å². The molecule has 1 aromatic carbocycles. The number of benzene rings is 1. The van der Waals surface area contributed by atoms with Gasteiger partial charge in [0.15, 0.2) is 11.6 Å². The maximum atomic E-state index is 13.9. The number of primary amides is 1. The Hall–Kier alpha value is -0.691. The Morgan fingerprint density at radius 3 is 2.26 bits per heavy atom. The number of likely N-dealkylation sites (N-methyl/N-ethyl adjacent to an activating group) is 1. The van der Waals surface area contributed by atoms with Crippen LogP contribution in [0.1, 0.15) is 28.8 Å². The van der Waals surface area contributed by atoms with Gasteiger partial charge in [-0.15, -0.1) is 5.76 Å². The first-order chi connectivity index (χ1) is 14.9. The molecular weight excluding hydrogens is 500 g/mol. The van der Waals surface area contributed by atoms with Gasteiger partial charge in [0.2, 0.25) is 0 Å². The number of aliphatic hydroxyl groups is 1. The van der Waals surface area contributed by atoms with Gasteiger partial charge in [-0.3, -0.25) is 14.4 Å². The van der Waals surface area contributed by atoms with Crippen molar-refractivity contribution in [1.29, 1.82) is 0 Å². The minimum atomic E-state index is -3.32. The fraction of sp³-hybridized carbons (Fsp3) is 0.409. The van der Waals surface area contributed by atoms with Gasteiger partial charge in [0.25, 0.3) is 5.91 Å². The van der Waals surface area contributed by atoms with Gasteiger partial charge in [0, 0.05) is 23.4 Å². The predicted octanol–water partition coefficient (Wildman–Crippen LogP) is -4.77. The number of fused-ring (bicyclic) bond motifs is 3. The van der Waals surface area contributed by atoms with E-state index in [0.717, 1.165) is 6.07 Å². The van der Waals surface area contributed by atoms with Crippen LogP contribution in [0.15, 0.2) is 40.9 Å². The van der Waals surface area contributed by atoms with Gasteiger partial charge in [-0.25, -0.2) is 0 Å². The molecule has 0 heterocycles. The molecular formula is C22H20Ca2N2O8. The molecule has 0 aromatic heterocycles. The molecule has 0 spiro atoms. The van der Waals surface area contributed by atoms with Crippen molar-refractivity contribution in [3.8, 4) is 5.75 Å². The standard InChI is InChI=1S/C22H23N2O8.2Ca/c1-7-8-5-4-6-9(25)11(8)16(26)12-10(7)17(27)14-15(24(2)3)18(28)13(21(23)31)20(30)22(14,32)19(12)29;;/h4-7,10,14-15,17,25,27-29H,1-3H3,(H2,23,31);;/q-1;2*+2/p-3/t7-,10+,14+,15-,17-,22-;;/m0../s1. The third-order valence-corrected chi connectivity index (χ3v) is 6.90. The van der Waals surface area contributed by atoms with E-state index in [-0.39, 0.29) is 81.0 Å². The minimum absolute atomic E-state index is 0. The van der Waals surface area contributed by atoms with Crippen LogP contribution in [0.4, 0.5) is 0 Å². The van der Waals surface area contributed by atoms with Crippen molar-refractivity contribution in [3.63, 3.8) is 0 Å². The summed E-state index contributed by atoms with van der Waals surface area (Å²) < 4.78 is 0. The molecule has 6 atom stereocenters. The van der Waals surface area contributed by atoms with Crippen LogP contribution in [0.5, 0.6) is 5.75 Å². The average molecular weight is 521 g/mol. The summed E-state index contributed by atoms with van der Waals surface area (Å²) in [4.78, 5) is 39.3. The zero-order valence-electron chi connectivity index (χ0n) is 18.9. The summed E-state index contributed by atoms with van der Waals surface area (Å²) in [5, 5.41) is 64.0. The summed E-state index contributed by atoms with van der Waals surface area (Å²) in [6.07, 6.45) is -1.75. The van der Waals surface area contributed by atoms with Crippen LogP contribution in [-0.4, -0.2) is 135 Å². The van der Waals surface area contributed by atoms with Gasteiger partial charge in [-0.05, 0) is 36.8 Å². The van der Waals surface area contributed by atoms with E-state index < -0.39 is 81.4 Å². The average Bonchev–Trinajstić information content (AvgIpc) is 2.70. The van der Waals surface area contributed by atoms with Crippen LogP contribution in [0.2, 0.25) is 0 Å². The molecule has 0 bridgehead atoms. The van der Waals surface area contributed by atoms with E-state index in [2.05, 4.69) is 0 Å². The molecule has 1 aromatic rings. The van der Waals surface area contributed by atoms with Gasteiger partial charge < -0.3 is 36.2 Å². The number of ketones is 2. The van der Waals surface area contributed by atoms with Crippen LogP contribution in [0.3, 0.4) is 0 Å². The molecule has 4 rings (SSSR count). The van der Waals surface area contributed by atoms with Gasteiger partial charge in [-0.2, -0.15) is 0 Å². The minimum Gasteiger partial charge on any atom is -0.875 e. The van der Waals surface area contributed by atoms with E-state index >= 15 is 0 Å². The largest absolute Gasteiger partial charge is 2.00 e. The number of amides is 1. The summed E-state index contributed by atoms with van der Waals surface area (Å²) in [5.74, 6) is -11.0. The molecule has 0 saturated carbocycles.